The molecule has 2 aliphatic rings. The van der Waals surface area contributed by atoms with Crippen molar-refractivity contribution in [2.45, 2.75) is 70.9 Å². The van der Waals surface area contributed by atoms with E-state index in [0.29, 0.717) is 24.4 Å². The number of hydrogen-bond donors (Lipinski definition) is 1. The van der Waals surface area contributed by atoms with Gasteiger partial charge in [-0.2, -0.15) is 10.2 Å². The molecular weight excluding hydrogens is 452 g/mol. The Balaban J connectivity index is 1.19. The Kier molecular flexibility index (Phi) is 7.60. The van der Waals surface area contributed by atoms with Crippen molar-refractivity contribution in [2.24, 2.45) is 0 Å². The average molecular weight is 489 g/mol. The van der Waals surface area contributed by atoms with Crippen LogP contribution in [-0.2, 0) is 24.2 Å². The first-order valence-electron chi connectivity index (χ1n) is 13.3. The van der Waals surface area contributed by atoms with E-state index in [2.05, 4.69) is 20.4 Å². The van der Waals surface area contributed by atoms with Gasteiger partial charge in [0.15, 0.2) is 5.78 Å². The molecule has 5 rings (SSSR count). The summed E-state index contributed by atoms with van der Waals surface area (Å²) in [6.45, 7) is 6.18. The maximum absolute atomic E-state index is 13.1. The Morgan fingerprint density at radius 3 is 2.64 bits per heavy atom. The lowest BCUT2D eigenvalue weighted by Crippen LogP contribution is -2.33. The topological polar surface area (TPSA) is 85.0 Å². The van der Waals surface area contributed by atoms with Crippen LogP contribution in [0.15, 0.2) is 42.9 Å². The van der Waals surface area contributed by atoms with Crippen molar-refractivity contribution in [3.05, 3.63) is 65.2 Å². The number of hydrogen-bond acceptors (Lipinski definition) is 5. The van der Waals surface area contributed by atoms with Crippen LogP contribution < -0.4 is 5.32 Å². The van der Waals surface area contributed by atoms with E-state index < -0.39 is 0 Å². The number of amides is 1. The first-order chi connectivity index (χ1) is 17.5. The van der Waals surface area contributed by atoms with Gasteiger partial charge in [0.05, 0.1) is 30.5 Å². The predicted octanol–water partition coefficient (Wildman–Crippen LogP) is 3.50. The largest absolute Gasteiger partial charge is 0.353 e. The molecule has 1 amide bonds. The Labute approximate surface area is 212 Å². The second-order valence-electron chi connectivity index (χ2n) is 10.2. The fourth-order valence-corrected chi connectivity index (χ4v) is 5.32. The van der Waals surface area contributed by atoms with Gasteiger partial charge >= 0.3 is 0 Å². The standard InChI is InChI=1S/C28H36N6O2/c1-21-24(20-33(31-21)14-13-32-11-4-5-12-32)17-27(35)23-7-6-10-26(16-23)34-19-22(18-29-34)15-28(36)30-25-8-2-3-9-25/h6-7,10,16,18-20,25H,2-5,8-9,11-15,17H2,1H3,(H,30,36). The van der Waals surface area contributed by atoms with Crippen molar-refractivity contribution in [3.8, 4) is 5.69 Å². The van der Waals surface area contributed by atoms with Crippen LogP contribution in [0, 0.1) is 6.92 Å². The second-order valence-corrected chi connectivity index (χ2v) is 10.2. The minimum atomic E-state index is 0.0433. The van der Waals surface area contributed by atoms with E-state index in [9.17, 15) is 9.59 Å². The van der Waals surface area contributed by atoms with Gasteiger partial charge in [-0.3, -0.25) is 14.3 Å². The van der Waals surface area contributed by atoms with Gasteiger partial charge in [-0.1, -0.05) is 25.0 Å². The number of likely N-dealkylation sites (tertiary alicyclic amines) is 1. The molecule has 0 atom stereocenters. The summed E-state index contributed by atoms with van der Waals surface area (Å²) in [5.41, 5.74) is 4.20. The van der Waals surface area contributed by atoms with Crippen LogP contribution in [-0.4, -0.2) is 61.8 Å². The molecule has 8 nitrogen and oxygen atoms in total. The first kappa shape index (κ1) is 24.4. The van der Waals surface area contributed by atoms with E-state index in [1.54, 1.807) is 10.9 Å². The molecule has 0 spiro atoms. The van der Waals surface area contributed by atoms with Crippen LogP contribution in [0.4, 0.5) is 0 Å². The van der Waals surface area contributed by atoms with Crippen molar-refractivity contribution in [1.29, 1.82) is 0 Å². The number of carbonyl (C=O) groups is 2. The highest BCUT2D eigenvalue weighted by Crippen LogP contribution is 2.18. The monoisotopic (exact) mass is 488 g/mol. The number of Topliss-reactive ketones (excluding diaryl/α,β-unsaturated/α-hetero) is 1. The maximum atomic E-state index is 13.1. The summed E-state index contributed by atoms with van der Waals surface area (Å²) in [5.74, 6) is 0.101. The van der Waals surface area contributed by atoms with Crippen molar-refractivity contribution >= 4 is 11.7 Å². The van der Waals surface area contributed by atoms with Gasteiger partial charge < -0.3 is 10.2 Å². The van der Waals surface area contributed by atoms with E-state index >= 15 is 0 Å². The van der Waals surface area contributed by atoms with Crippen LogP contribution in [0.5, 0.6) is 0 Å². The van der Waals surface area contributed by atoms with Crippen LogP contribution in [0.2, 0.25) is 0 Å². The van der Waals surface area contributed by atoms with Gasteiger partial charge in [0.2, 0.25) is 5.91 Å². The summed E-state index contributed by atoms with van der Waals surface area (Å²) >= 11 is 0. The Hall–Kier alpha value is -3.26. The highest BCUT2D eigenvalue weighted by Gasteiger charge is 2.18. The SMILES string of the molecule is Cc1nn(CCN2CCCC2)cc1CC(=O)c1cccc(-n2cc(CC(=O)NC3CCCC3)cn2)c1. The minimum Gasteiger partial charge on any atom is -0.353 e. The molecule has 8 heteroatoms. The van der Waals surface area contributed by atoms with Gasteiger partial charge in [0, 0.05) is 42.5 Å². The normalized spacial score (nSPS) is 16.6. The van der Waals surface area contributed by atoms with Crippen molar-refractivity contribution in [2.75, 3.05) is 19.6 Å². The lowest BCUT2D eigenvalue weighted by molar-refractivity contribution is -0.121. The molecule has 1 N–H and O–H groups in total. The third-order valence-corrected chi connectivity index (χ3v) is 7.40. The summed E-state index contributed by atoms with van der Waals surface area (Å²) in [5, 5.41) is 12.2. The fraction of sp³-hybridized carbons (Fsp3) is 0.500. The average Bonchev–Trinajstić information content (AvgIpc) is 3.68. The number of carbonyl (C=O) groups excluding carboxylic acids is 2. The molecule has 1 saturated carbocycles. The lowest BCUT2D eigenvalue weighted by atomic mass is 10.0. The zero-order chi connectivity index (χ0) is 24.9. The van der Waals surface area contributed by atoms with Crippen molar-refractivity contribution < 1.29 is 9.59 Å². The Morgan fingerprint density at radius 1 is 1.03 bits per heavy atom. The second kappa shape index (κ2) is 11.2. The quantitative estimate of drug-likeness (QED) is 0.442. The van der Waals surface area contributed by atoms with Crippen molar-refractivity contribution in [3.63, 3.8) is 0 Å². The van der Waals surface area contributed by atoms with Gasteiger partial charge in [-0.25, -0.2) is 4.68 Å². The van der Waals surface area contributed by atoms with E-state index in [4.69, 9.17) is 0 Å². The van der Waals surface area contributed by atoms with Gasteiger partial charge in [-0.05, 0) is 63.4 Å². The number of aromatic nitrogens is 4. The van der Waals surface area contributed by atoms with Gasteiger partial charge in [0.25, 0.3) is 0 Å². The molecule has 0 radical (unpaired) electrons. The molecule has 1 aliphatic heterocycles. The third kappa shape index (κ3) is 6.10. The Bertz CT molecular complexity index is 1200. The summed E-state index contributed by atoms with van der Waals surface area (Å²) in [4.78, 5) is 27.9. The molecule has 36 heavy (non-hydrogen) atoms. The van der Waals surface area contributed by atoms with Gasteiger partial charge in [0.1, 0.15) is 0 Å². The van der Waals surface area contributed by atoms with E-state index in [0.717, 1.165) is 48.4 Å². The summed E-state index contributed by atoms with van der Waals surface area (Å²) in [7, 11) is 0. The number of nitrogens with one attached hydrogen (secondary N) is 1. The molecule has 2 aromatic heterocycles. The van der Waals surface area contributed by atoms with Crippen LogP contribution in [0.25, 0.3) is 5.69 Å². The molecule has 1 aliphatic carbocycles. The number of aryl methyl sites for hydroxylation is 1. The minimum absolute atomic E-state index is 0.0433. The summed E-state index contributed by atoms with van der Waals surface area (Å²) in [6.07, 6.45) is 13.4. The first-order valence-corrected chi connectivity index (χ1v) is 13.3. The lowest BCUT2D eigenvalue weighted by Gasteiger charge is -2.13. The highest BCUT2D eigenvalue weighted by molar-refractivity contribution is 5.98. The highest BCUT2D eigenvalue weighted by atomic mass is 16.1. The number of benzene rings is 1. The molecule has 2 fully saturated rings. The Morgan fingerprint density at radius 2 is 1.83 bits per heavy atom. The van der Waals surface area contributed by atoms with E-state index in [1.165, 1.54) is 38.8 Å². The van der Waals surface area contributed by atoms with Crippen LogP contribution in [0.1, 0.15) is 65.7 Å². The molecule has 190 valence electrons. The fourth-order valence-electron chi connectivity index (χ4n) is 5.32. The molecule has 3 heterocycles. The molecule has 1 aromatic carbocycles. The smallest absolute Gasteiger partial charge is 0.224 e. The van der Waals surface area contributed by atoms with Crippen LogP contribution >= 0.6 is 0 Å². The number of ketones is 1. The predicted molar refractivity (Wildman–Crippen MR) is 138 cm³/mol. The number of nitrogens with zero attached hydrogens (tertiary/aromatic N) is 5. The molecule has 1 saturated heterocycles. The zero-order valence-electron chi connectivity index (χ0n) is 21.2. The summed E-state index contributed by atoms with van der Waals surface area (Å²) < 4.78 is 3.71. The van der Waals surface area contributed by atoms with E-state index in [1.807, 2.05) is 48.3 Å². The molecular formula is C28H36N6O2. The molecule has 0 bridgehead atoms. The summed E-state index contributed by atoms with van der Waals surface area (Å²) in [6, 6.07) is 7.83. The van der Waals surface area contributed by atoms with Crippen LogP contribution in [0.3, 0.4) is 0 Å². The third-order valence-electron chi connectivity index (χ3n) is 7.40. The maximum Gasteiger partial charge on any atom is 0.224 e. The molecule has 0 unspecified atom stereocenters. The van der Waals surface area contributed by atoms with Crippen molar-refractivity contribution in [1.82, 2.24) is 29.8 Å². The number of rotatable bonds is 10. The van der Waals surface area contributed by atoms with Gasteiger partial charge in [-0.15, -0.1) is 0 Å². The molecule has 3 aromatic rings. The zero-order valence-corrected chi connectivity index (χ0v) is 21.2. The van der Waals surface area contributed by atoms with E-state index in [-0.39, 0.29) is 11.7 Å².